The number of hydrogen-bond acceptors (Lipinski definition) is 7. The fourth-order valence-electron chi connectivity index (χ4n) is 7.29. The zero-order valence-electron chi connectivity index (χ0n) is 22.8. The maximum Gasteiger partial charge on any atom is 0.253 e. The number of carbonyl (C=O) groups excluding carboxylic acids is 2. The molecule has 1 aromatic rings. The van der Waals surface area contributed by atoms with Gasteiger partial charge < -0.3 is 37.6 Å². The van der Waals surface area contributed by atoms with Gasteiger partial charge in [-0.05, 0) is 43.5 Å². The second kappa shape index (κ2) is 12.6. The Morgan fingerprint density at radius 3 is 2.38 bits per heavy atom. The zero-order valence-corrected chi connectivity index (χ0v) is 22.8. The summed E-state index contributed by atoms with van der Waals surface area (Å²) >= 11 is 0. The Balaban J connectivity index is 1.32. The van der Waals surface area contributed by atoms with Crippen molar-refractivity contribution in [3.05, 3.63) is 35.4 Å². The van der Waals surface area contributed by atoms with Crippen molar-refractivity contribution in [2.45, 2.75) is 62.1 Å². The van der Waals surface area contributed by atoms with Gasteiger partial charge in [0.1, 0.15) is 12.5 Å². The number of nitrogens with zero attached hydrogens (tertiary/aromatic N) is 1. The van der Waals surface area contributed by atoms with Crippen LogP contribution in [0.25, 0.3) is 0 Å². The molecular weight excluding hydrogens is 499 g/mol. The molecule has 2 amide bonds. The lowest BCUT2D eigenvalue weighted by Gasteiger charge is -2.47. The van der Waals surface area contributed by atoms with Gasteiger partial charge in [-0.1, -0.05) is 25.0 Å². The molecule has 1 saturated carbocycles. The van der Waals surface area contributed by atoms with E-state index in [1.807, 2.05) is 34.5 Å². The van der Waals surface area contributed by atoms with E-state index in [1.54, 1.807) is 0 Å². The lowest BCUT2D eigenvalue weighted by molar-refractivity contribution is -0.758. The summed E-state index contributed by atoms with van der Waals surface area (Å²) in [4.78, 5) is 28.8. The minimum absolute atomic E-state index is 0.0574. The average Bonchev–Trinajstić information content (AvgIpc) is 3.51. The first-order valence-electron chi connectivity index (χ1n) is 14.7. The maximum atomic E-state index is 14.2. The van der Waals surface area contributed by atoms with Crippen LogP contribution in [0.5, 0.6) is 0 Å². The Labute approximate surface area is 230 Å². The molecule has 3 aliphatic heterocycles. The molecule has 0 aromatic heterocycles. The van der Waals surface area contributed by atoms with Crippen LogP contribution in [0.3, 0.4) is 0 Å². The number of quaternary nitrogens is 1. The Morgan fingerprint density at radius 2 is 1.74 bits per heavy atom. The van der Waals surface area contributed by atoms with Crippen molar-refractivity contribution in [2.75, 3.05) is 52.4 Å². The number of nitrogens with one attached hydrogen (secondary N) is 4. The first-order chi connectivity index (χ1) is 18.9. The molecule has 5 atom stereocenters. The highest BCUT2D eigenvalue weighted by atomic mass is 19.1. The van der Waals surface area contributed by atoms with Gasteiger partial charge in [0.25, 0.3) is 5.91 Å². The average molecular weight is 546 g/mol. The molecule has 5 rings (SSSR count). The number of benzene rings is 1. The number of hydrogen-bond donors (Lipinski definition) is 7. The van der Waals surface area contributed by atoms with E-state index in [1.165, 1.54) is 0 Å². The lowest BCUT2D eigenvalue weighted by Crippen LogP contribution is -3.08. The lowest BCUT2D eigenvalue weighted by atomic mass is 9.76. The van der Waals surface area contributed by atoms with Crippen LogP contribution in [0.1, 0.15) is 53.9 Å². The molecule has 3 saturated heterocycles. The Bertz CT molecular complexity index is 972. The van der Waals surface area contributed by atoms with Crippen molar-refractivity contribution in [1.82, 2.24) is 26.2 Å². The van der Waals surface area contributed by atoms with Crippen LogP contribution in [-0.2, 0) is 4.79 Å². The van der Waals surface area contributed by atoms with Crippen molar-refractivity contribution < 1.29 is 19.3 Å². The molecule has 1 aliphatic carbocycles. The molecule has 5 unspecified atom stereocenters. The van der Waals surface area contributed by atoms with Crippen molar-refractivity contribution in [3.8, 4) is 0 Å². The molecule has 0 radical (unpaired) electrons. The molecule has 1 aromatic carbocycles. The van der Waals surface area contributed by atoms with Crippen molar-refractivity contribution in [2.24, 2.45) is 23.3 Å². The first-order valence-corrected chi connectivity index (χ1v) is 14.7. The Morgan fingerprint density at radius 1 is 1.03 bits per heavy atom. The third kappa shape index (κ3) is 6.13. The van der Waals surface area contributed by atoms with Crippen LogP contribution >= 0.6 is 0 Å². The fourth-order valence-corrected chi connectivity index (χ4v) is 7.29. The number of halogens is 1. The summed E-state index contributed by atoms with van der Waals surface area (Å²) in [6.07, 6.45) is 3.15. The summed E-state index contributed by atoms with van der Waals surface area (Å²) < 4.78 is 14.2. The van der Waals surface area contributed by atoms with Crippen LogP contribution in [0, 0.1) is 11.8 Å². The predicted octanol–water partition coefficient (Wildman–Crippen LogP) is -1.46. The van der Waals surface area contributed by atoms with E-state index in [-0.39, 0.29) is 36.2 Å². The Kier molecular flexibility index (Phi) is 9.15. The number of rotatable bonds is 7. The van der Waals surface area contributed by atoms with Gasteiger partial charge in [0, 0.05) is 62.7 Å². The standard InChI is InChI=1S/C28H45FN8O2/c29-21-15-34-28(35-16-21,20-3-1-2-4-20)24(25(30)31)26(38)36-23-17-33-10-9-22(23)18-5-7-19(8-6-18)27(39)37-13-11-32-12-14-37/h5-8,20-25,32-35H,1-4,9-17,30-31H2,(H,36,38)/p+1. The summed E-state index contributed by atoms with van der Waals surface area (Å²) in [6, 6.07) is 7.70. The molecule has 10 N–H and O–H groups in total. The van der Waals surface area contributed by atoms with E-state index in [4.69, 9.17) is 11.5 Å². The van der Waals surface area contributed by atoms with E-state index in [0.717, 1.165) is 57.3 Å². The summed E-state index contributed by atoms with van der Waals surface area (Å²) in [5, 5.41) is 15.3. The zero-order chi connectivity index (χ0) is 27.4. The summed E-state index contributed by atoms with van der Waals surface area (Å²) in [5.41, 5.74) is 13.7. The first kappa shape index (κ1) is 28.4. The van der Waals surface area contributed by atoms with Crippen molar-refractivity contribution >= 4 is 11.8 Å². The van der Waals surface area contributed by atoms with Crippen LogP contribution in [0.15, 0.2) is 24.3 Å². The van der Waals surface area contributed by atoms with Crippen LogP contribution in [0.2, 0.25) is 0 Å². The highest BCUT2D eigenvalue weighted by Crippen LogP contribution is 2.36. The fraction of sp³-hybridized carbons (Fsp3) is 0.714. The van der Waals surface area contributed by atoms with Gasteiger partial charge in [0.2, 0.25) is 5.91 Å². The van der Waals surface area contributed by atoms with E-state index >= 15 is 0 Å². The normalized spacial score (nSPS) is 31.3. The van der Waals surface area contributed by atoms with Gasteiger partial charge >= 0.3 is 0 Å². The SMILES string of the molecule is NC(N)C(C(=O)NC1CNCCC1c1ccc(C(=O)N2CCNCC2)cc1)C1(C2CCCC2)NCC(F)C[NH2+]1. The van der Waals surface area contributed by atoms with Gasteiger partial charge in [-0.25, -0.2) is 4.39 Å². The molecule has 0 spiro atoms. The smallest absolute Gasteiger partial charge is 0.253 e. The van der Waals surface area contributed by atoms with Gasteiger partial charge in [-0.15, -0.1) is 0 Å². The van der Waals surface area contributed by atoms with Crippen LogP contribution in [0.4, 0.5) is 4.39 Å². The quantitative estimate of drug-likeness (QED) is 0.207. The van der Waals surface area contributed by atoms with E-state index in [0.29, 0.717) is 31.7 Å². The highest BCUT2D eigenvalue weighted by molar-refractivity contribution is 5.94. The number of nitrogens with two attached hydrogens (primary N) is 3. The summed E-state index contributed by atoms with van der Waals surface area (Å²) in [5.74, 6) is -0.524. The number of piperazine rings is 1. The second-order valence-electron chi connectivity index (χ2n) is 11.8. The number of piperidine rings is 1. The third-order valence-corrected chi connectivity index (χ3v) is 9.35. The van der Waals surface area contributed by atoms with Gasteiger partial charge in [-0.3, -0.25) is 14.9 Å². The topological polar surface area (TPSA) is 154 Å². The van der Waals surface area contributed by atoms with Crippen molar-refractivity contribution in [3.63, 3.8) is 0 Å². The molecule has 4 fully saturated rings. The largest absolute Gasteiger partial charge is 0.351 e. The molecule has 216 valence electrons. The molecule has 0 bridgehead atoms. The molecule has 10 nitrogen and oxygen atoms in total. The van der Waals surface area contributed by atoms with Gasteiger partial charge in [0.05, 0.1) is 6.17 Å². The maximum absolute atomic E-state index is 14.2. The summed E-state index contributed by atoms with van der Waals surface area (Å²) in [7, 11) is 0. The minimum Gasteiger partial charge on any atom is -0.351 e. The highest BCUT2D eigenvalue weighted by Gasteiger charge is 2.56. The Hall–Kier alpha value is -2.15. The molecular formula is C28H46FN8O2+. The van der Waals surface area contributed by atoms with E-state index in [9.17, 15) is 14.0 Å². The second-order valence-corrected chi connectivity index (χ2v) is 11.8. The molecule has 11 heteroatoms. The number of carbonyl (C=O) groups is 2. The van der Waals surface area contributed by atoms with Crippen LogP contribution < -0.4 is 38.1 Å². The van der Waals surface area contributed by atoms with Gasteiger partial charge in [0.15, 0.2) is 11.8 Å². The molecule has 4 aliphatic rings. The van der Waals surface area contributed by atoms with E-state index < -0.39 is 23.9 Å². The van der Waals surface area contributed by atoms with Gasteiger partial charge in [-0.2, -0.15) is 0 Å². The minimum atomic E-state index is -0.967. The predicted molar refractivity (Wildman–Crippen MR) is 147 cm³/mol. The van der Waals surface area contributed by atoms with E-state index in [2.05, 4.69) is 21.3 Å². The molecule has 3 heterocycles. The summed E-state index contributed by atoms with van der Waals surface area (Å²) in [6.45, 7) is 5.04. The van der Waals surface area contributed by atoms with Crippen molar-refractivity contribution in [1.29, 1.82) is 0 Å². The number of alkyl halides is 1. The molecule has 39 heavy (non-hydrogen) atoms. The third-order valence-electron chi connectivity index (χ3n) is 9.35. The van der Waals surface area contributed by atoms with Crippen LogP contribution in [-0.4, -0.2) is 93.1 Å². The number of amides is 2. The monoisotopic (exact) mass is 545 g/mol.